The first-order valence-corrected chi connectivity index (χ1v) is 0. The molecule has 0 saturated carbocycles. The molecule has 0 aliphatic heterocycles. The van der Waals surface area contributed by atoms with Crippen molar-refractivity contribution in [1.82, 2.24) is 0 Å². The van der Waals surface area contributed by atoms with E-state index in [0.29, 0.717) is 0 Å². The van der Waals surface area contributed by atoms with Crippen LogP contribution >= 0.6 is 0 Å². The molecule has 0 nitrogen and oxygen atoms in total. The third-order valence-electron chi connectivity index (χ3n) is 0. The van der Waals surface area contributed by atoms with Crippen LogP contribution < -0.4 is 0 Å². The van der Waals surface area contributed by atoms with Gasteiger partial charge in [-0.1, -0.05) is 0 Å². The monoisotopic (exact) mass is 354 g/mol. The fourth-order valence-corrected chi connectivity index (χ4v) is 0. The van der Waals surface area contributed by atoms with E-state index in [1.807, 2.05) is 0 Å². The molecule has 0 rings (SSSR count). The van der Waals surface area contributed by atoms with Crippen LogP contribution in [0, 0.1) is 0 Å². The molecule has 0 heterocycles. The van der Waals surface area contributed by atoms with Gasteiger partial charge >= 0.3 is 23.9 Å². The molecule has 46 valence electrons. The second-order valence-electron chi connectivity index (χ2n) is 0. The summed E-state index contributed by atoms with van der Waals surface area (Å²) in [7, 11) is 0. The van der Waals surface area contributed by atoms with Crippen LogP contribution in [0.4, 0.5) is 0 Å². The van der Waals surface area contributed by atoms with E-state index in [0.717, 1.165) is 0 Å². The van der Waals surface area contributed by atoms with Crippen LogP contribution in [-0.4, -0.2) is 23.9 Å². The van der Waals surface area contributed by atoms with E-state index in [4.69, 9.17) is 0 Å². The van der Waals surface area contributed by atoms with Gasteiger partial charge in [0.05, 0.1) is 0 Å². The van der Waals surface area contributed by atoms with Crippen molar-refractivity contribution in [3.8, 4) is 0 Å². The predicted octanol–water partition coefficient (Wildman–Crippen LogP) is -0.926. The summed E-state index contributed by atoms with van der Waals surface area (Å²) in [4.78, 5) is 0. The van der Waals surface area contributed by atoms with E-state index >= 15 is 0 Å². The molecule has 0 N–H and O–H groups in total. The zero-order chi connectivity index (χ0) is 0. The maximum absolute atomic E-state index is 0. The summed E-state index contributed by atoms with van der Waals surface area (Å²) < 4.78 is 0. The van der Waals surface area contributed by atoms with Crippen LogP contribution in [0.5, 0.6) is 0 Å². The van der Waals surface area contributed by atoms with E-state index in [2.05, 4.69) is 0 Å². The van der Waals surface area contributed by atoms with Gasteiger partial charge in [0.15, 0.2) is 0 Å². The van der Waals surface area contributed by atoms with Gasteiger partial charge in [-0.25, -0.2) is 0 Å². The van der Waals surface area contributed by atoms with Gasteiger partial charge in [-0.15, -0.1) is 0 Å². The first-order valence-electron chi connectivity index (χ1n) is 0. The van der Waals surface area contributed by atoms with E-state index in [1.165, 1.54) is 0 Å². The van der Waals surface area contributed by atoms with Crippen LogP contribution in [0.15, 0.2) is 0 Å². The van der Waals surface area contributed by atoms with Crippen molar-refractivity contribution in [1.29, 1.82) is 0 Å². The first-order chi connectivity index (χ1) is 0. The molecule has 0 atom stereocenters. The molecule has 0 saturated heterocycles. The average Bonchev–Trinajstić information content (AvgIpc) is 0. The van der Waals surface area contributed by atoms with Gasteiger partial charge in [-0.2, -0.15) is 0 Å². The van der Waals surface area contributed by atoms with Gasteiger partial charge in [0.25, 0.3) is 0 Å². The molecule has 0 aromatic carbocycles. The minimum absolute atomic E-state index is 0. The predicted molar refractivity (Wildman–Crippen MR) is 8.54 cm³/mol. The second-order valence-corrected chi connectivity index (χ2v) is 0. The van der Waals surface area contributed by atoms with Crippen molar-refractivity contribution in [2.75, 3.05) is 0 Å². The number of hydrogen-bond acceptors (Lipinski definition) is 0. The Balaban J connectivity index is 0. The Hall–Kier alpha value is 2.77. The van der Waals surface area contributed by atoms with Crippen LogP contribution in [-0.2, 0) is 66.0 Å². The van der Waals surface area contributed by atoms with Crippen LogP contribution in [0.1, 0.15) is 0 Å². The summed E-state index contributed by atoms with van der Waals surface area (Å²) >= 11 is 0. The van der Waals surface area contributed by atoms with Crippen molar-refractivity contribution >= 4 is 23.9 Å². The van der Waals surface area contributed by atoms with Gasteiger partial charge in [0.2, 0.25) is 0 Å². The van der Waals surface area contributed by atoms with Gasteiger partial charge < -0.3 is 0 Å². The minimum atomic E-state index is 0. The Bertz CT molecular complexity index is 3.61. The molecule has 0 aliphatic carbocycles. The van der Waals surface area contributed by atoms with Crippen molar-refractivity contribution in [2.24, 2.45) is 0 Å². The SMILES string of the molecule is [Ni].[Ni].[Ni].[Ni].[SnH2]. The summed E-state index contributed by atoms with van der Waals surface area (Å²) in [6.07, 6.45) is 0. The molecule has 0 aromatic rings. The third kappa shape index (κ3) is 20.1. The number of rotatable bonds is 0. The molecule has 5 heteroatoms. The molecule has 0 aromatic heterocycles. The molecule has 5 heavy (non-hydrogen) atoms. The van der Waals surface area contributed by atoms with Gasteiger partial charge in [-0.3, -0.25) is 0 Å². The van der Waals surface area contributed by atoms with Gasteiger partial charge in [0.1, 0.15) is 0 Å². The van der Waals surface area contributed by atoms with Gasteiger partial charge in [-0.05, 0) is 0 Å². The van der Waals surface area contributed by atoms with Crippen LogP contribution in [0.3, 0.4) is 0 Å². The Labute approximate surface area is 88.6 Å². The zero-order valence-corrected chi connectivity index (χ0v) is 9.96. The quantitative estimate of drug-likeness (QED) is 0.493. The van der Waals surface area contributed by atoms with Gasteiger partial charge in [0, 0.05) is 66.0 Å². The summed E-state index contributed by atoms with van der Waals surface area (Å²) in [5, 5.41) is 0. The Kier molecular flexibility index (Phi) is 272. The van der Waals surface area contributed by atoms with E-state index in [1.54, 1.807) is 0 Å². The fourth-order valence-electron chi connectivity index (χ4n) is 0. The summed E-state index contributed by atoms with van der Waals surface area (Å²) in [6, 6.07) is 0. The zero-order valence-electron chi connectivity index (χ0n) is 1.97. The van der Waals surface area contributed by atoms with Crippen molar-refractivity contribution < 1.29 is 66.0 Å². The molecule has 0 spiro atoms. The van der Waals surface area contributed by atoms with E-state index in [9.17, 15) is 0 Å². The second kappa shape index (κ2) is 29.4. The van der Waals surface area contributed by atoms with Crippen LogP contribution in [0.2, 0.25) is 0 Å². The van der Waals surface area contributed by atoms with Crippen LogP contribution in [0.25, 0.3) is 0 Å². The standard InChI is InChI=1S/4Ni.Sn.2H. The van der Waals surface area contributed by atoms with Crippen molar-refractivity contribution in [3.05, 3.63) is 0 Å². The molecule has 0 fully saturated rings. The van der Waals surface area contributed by atoms with Crippen molar-refractivity contribution in [3.63, 3.8) is 0 Å². The molecule has 0 amide bonds. The summed E-state index contributed by atoms with van der Waals surface area (Å²) in [5.74, 6) is 0. The van der Waals surface area contributed by atoms with Crippen molar-refractivity contribution in [2.45, 2.75) is 0 Å². The number of hydrogen-bond donors (Lipinski definition) is 0. The van der Waals surface area contributed by atoms with E-state index < -0.39 is 0 Å². The Morgan fingerprint density at radius 2 is 0.400 bits per heavy atom. The summed E-state index contributed by atoms with van der Waals surface area (Å²) in [6.45, 7) is 0. The molecule has 0 bridgehead atoms. The summed E-state index contributed by atoms with van der Waals surface area (Å²) in [5.41, 5.74) is 0. The molecule has 0 unspecified atom stereocenters. The molecular weight excluding hydrogens is 353 g/mol. The topological polar surface area (TPSA) is 0 Å². The fraction of sp³-hybridized carbons (Fsp3) is 0. The third-order valence-corrected chi connectivity index (χ3v) is 0. The normalized spacial score (nSPS) is 0. The molecule has 0 aliphatic rings. The Morgan fingerprint density at radius 3 is 0.400 bits per heavy atom. The maximum atomic E-state index is 0. The average molecular weight is 355 g/mol. The van der Waals surface area contributed by atoms with E-state index in [-0.39, 0.29) is 89.9 Å². The molecular formula is H2Ni4Sn. The molecule has 2 radical (unpaired) electrons. The Morgan fingerprint density at radius 1 is 0.400 bits per heavy atom. The first kappa shape index (κ1) is 46.4.